The summed E-state index contributed by atoms with van der Waals surface area (Å²) < 4.78 is 5.61. The molecule has 0 spiro atoms. The predicted octanol–water partition coefficient (Wildman–Crippen LogP) is 2.08. The molecule has 2 aliphatic rings. The van der Waals surface area contributed by atoms with E-state index in [0.717, 1.165) is 24.0 Å². The molecule has 18 heavy (non-hydrogen) atoms. The predicted molar refractivity (Wildman–Crippen MR) is 71.3 cm³/mol. The summed E-state index contributed by atoms with van der Waals surface area (Å²) in [5.74, 6) is 1.73. The van der Waals surface area contributed by atoms with Gasteiger partial charge >= 0.3 is 0 Å². The summed E-state index contributed by atoms with van der Waals surface area (Å²) in [4.78, 5) is 2.58. The lowest BCUT2D eigenvalue weighted by Gasteiger charge is -2.15. The maximum absolute atomic E-state index is 5.61. The molecule has 2 fully saturated rings. The first-order chi connectivity index (χ1) is 8.90. The highest BCUT2D eigenvalue weighted by molar-refractivity contribution is 5.80. The quantitative estimate of drug-likeness (QED) is 0.874. The number of furan rings is 1. The number of fused-ring (bicyclic) bond motifs is 2. The maximum atomic E-state index is 5.61. The molecule has 94 valence electrons. The van der Waals surface area contributed by atoms with Crippen LogP contribution in [0, 0.1) is 11.8 Å². The summed E-state index contributed by atoms with van der Waals surface area (Å²) in [5.41, 5.74) is 2.34. The van der Waals surface area contributed by atoms with Crippen molar-refractivity contribution in [1.82, 2.24) is 10.2 Å². The Labute approximate surface area is 107 Å². The minimum atomic E-state index is 0.864. The van der Waals surface area contributed by atoms with Gasteiger partial charge in [0, 0.05) is 30.6 Å². The second-order valence-corrected chi connectivity index (χ2v) is 5.63. The van der Waals surface area contributed by atoms with E-state index >= 15 is 0 Å². The van der Waals surface area contributed by atoms with Crippen molar-refractivity contribution in [3.05, 3.63) is 36.1 Å². The van der Waals surface area contributed by atoms with Crippen molar-refractivity contribution < 1.29 is 4.42 Å². The molecule has 1 aromatic carbocycles. The monoisotopic (exact) mass is 242 g/mol. The van der Waals surface area contributed by atoms with Gasteiger partial charge in [-0.3, -0.25) is 4.90 Å². The maximum Gasteiger partial charge on any atom is 0.134 e. The zero-order chi connectivity index (χ0) is 11.9. The van der Waals surface area contributed by atoms with E-state index in [9.17, 15) is 0 Å². The second kappa shape index (κ2) is 4.11. The van der Waals surface area contributed by atoms with E-state index < -0.39 is 0 Å². The van der Waals surface area contributed by atoms with Crippen molar-refractivity contribution in [2.45, 2.75) is 6.54 Å². The molecule has 0 radical (unpaired) electrons. The summed E-state index contributed by atoms with van der Waals surface area (Å²) in [6.45, 7) is 5.90. The number of para-hydroxylation sites is 1. The molecular formula is C15H18N2O. The number of rotatable bonds is 2. The molecular weight excluding hydrogens is 224 g/mol. The van der Waals surface area contributed by atoms with Gasteiger partial charge in [-0.05, 0) is 31.0 Å². The Balaban J connectivity index is 1.55. The third-order valence-electron chi connectivity index (χ3n) is 4.42. The lowest BCUT2D eigenvalue weighted by Crippen LogP contribution is -2.25. The Morgan fingerprint density at radius 3 is 2.78 bits per heavy atom. The highest BCUT2D eigenvalue weighted by Gasteiger charge is 2.35. The lowest BCUT2D eigenvalue weighted by atomic mass is 10.0. The van der Waals surface area contributed by atoms with Crippen molar-refractivity contribution in [3.8, 4) is 0 Å². The van der Waals surface area contributed by atoms with Crippen LogP contribution in [0.2, 0.25) is 0 Å². The molecule has 0 saturated carbocycles. The fraction of sp³-hybridized carbons (Fsp3) is 0.467. The number of hydrogen-bond donors (Lipinski definition) is 1. The van der Waals surface area contributed by atoms with E-state index in [4.69, 9.17) is 4.42 Å². The van der Waals surface area contributed by atoms with Gasteiger partial charge in [0.05, 0.1) is 6.26 Å². The van der Waals surface area contributed by atoms with Crippen molar-refractivity contribution in [2.75, 3.05) is 26.2 Å². The fourth-order valence-corrected chi connectivity index (χ4v) is 3.48. The molecule has 3 heteroatoms. The Morgan fingerprint density at radius 1 is 1.17 bits per heavy atom. The molecule has 0 aliphatic carbocycles. The third-order valence-corrected chi connectivity index (χ3v) is 4.42. The summed E-state index contributed by atoms with van der Waals surface area (Å²) in [6, 6.07) is 8.32. The van der Waals surface area contributed by atoms with Crippen LogP contribution < -0.4 is 5.32 Å². The van der Waals surface area contributed by atoms with E-state index in [0.29, 0.717) is 0 Å². The Morgan fingerprint density at radius 2 is 1.94 bits per heavy atom. The van der Waals surface area contributed by atoms with Crippen molar-refractivity contribution >= 4 is 11.0 Å². The van der Waals surface area contributed by atoms with Crippen molar-refractivity contribution in [1.29, 1.82) is 0 Å². The van der Waals surface area contributed by atoms with Crippen LogP contribution in [0.25, 0.3) is 11.0 Å². The lowest BCUT2D eigenvalue weighted by molar-refractivity contribution is 0.305. The van der Waals surface area contributed by atoms with Crippen molar-refractivity contribution in [2.24, 2.45) is 11.8 Å². The van der Waals surface area contributed by atoms with Crippen LogP contribution in [0.4, 0.5) is 0 Å². The molecule has 0 amide bonds. The van der Waals surface area contributed by atoms with Crippen LogP contribution in [0.15, 0.2) is 34.9 Å². The number of likely N-dealkylation sites (tertiary alicyclic amines) is 1. The van der Waals surface area contributed by atoms with Gasteiger partial charge in [0.25, 0.3) is 0 Å². The number of nitrogens with one attached hydrogen (secondary N) is 1. The summed E-state index contributed by atoms with van der Waals surface area (Å²) in [5, 5.41) is 4.76. The van der Waals surface area contributed by atoms with E-state index in [1.165, 1.54) is 37.1 Å². The Bertz CT molecular complexity index is 550. The molecule has 3 nitrogen and oxygen atoms in total. The number of hydrogen-bond acceptors (Lipinski definition) is 3. The molecule has 1 N–H and O–H groups in total. The molecule has 2 aromatic rings. The highest BCUT2D eigenvalue weighted by Crippen LogP contribution is 2.29. The summed E-state index contributed by atoms with van der Waals surface area (Å²) in [7, 11) is 0. The first-order valence-electron chi connectivity index (χ1n) is 6.78. The molecule has 4 rings (SSSR count). The smallest absolute Gasteiger partial charge is 0.134 e. The minimum absolute atomic E-state index is 0.864. The summed E-state index contributed by atoms with van der Waals surface area (Å²) in [6.07, 6.45) is 1.93. The van der Waals surface area contributed by atoms with Gasteiger partial charge in [0.2, 0.25) is 0 Å². The Hall–Kier alpha value is -1.32. The Kier molecular flexibility index (Phi) is 2.42. The van der Waals surface area contributed by atoms with Gasteiger partial charge in [-0.15, -0.1) is 0 Å². The van der Waals surface area contributed by atoms with Crippen LogP contribution in [-0.4, -0.2) is 31.1 Å². The molecule has 2 unspecified atom stereocenters. The molecule has 2 aliphatic heterocycles. The molecule has 0 bridgehead atoms. The molecule has 1 aromatic heterocycles. The van der Waals surface area contributed by atoms with Gasteiger partial charge in [0.15, 0.2) is 0 Å². The van der Waals surface area contributed by atoms with Crippen molar-refractivity contribution in [3.63, 3.8) is 0 Å². The van der Waals surface area contributed by atoms with Crippen LogP contribution in [-0.2, 0) is 6.54 Å². The van der Waals surface area contributed by atoms with Crippen LogP contribution in [0.1, 0.15) is 5.56 Å². The van der Waals surface area contributed by atoms with E-state index in [-0.39, 0.29) is 0 Å². The average molecular weight is 242 g/mol. The topological polar surface area (TPSA) is 28.4 Å². The highest BCUT2D eigenvalue weighted by atomic mass is 16.3. The van der Waals surface area contributed by atoms with E-state index in [2.05, 4.69) is 22.3 Å². The van der Waals surface area contributed by atoms with Gasteiger partial charge < -0.3 is 9.73 Å². The standard InChI is InChI=1S/C15H18N2O/c1-2-4-15-14(3-1)13(10-18-15)9-17-7-11-5-16-6-12(11)8-17/h1-4,10-12,16H,5-9H2. The molecule has 2 saturated heterocycles. The zero-order valence-corrected chi connectivity index (χ0v) is 10.4. The van der Waals surface area contributed by atoms with Gasteiger partial charge in [-0.1, -0.05) is 18.2 Å². The van der Waals surface area contributed by atoms with E-state index in [1.54, 1.807) is 0 Å². The minimum Gasteiger partial charge on any atom is -0.464 e. The van der Waals surface area contributed by atoms with Gasteiger partial charge in [-0.2, -0.15) is 0 Å². The number of benzene rings is 1. The third kappa shape index (κ3) is 1.66. The first-order valence-corrected chi connectivity index (χ1v) is 6.78. The fourth-order valence-electron chi connectivity index (χ4n) is 3.48. The van der Waals surface area contributed by atoms with Crippen LogP contribution >= 0.6 is 0 Å². The van der Waals surface area contributed by atoms with Gasteiger partial charge in [0.1, 0.15) is 5.58 Å². The normalized spacial score (nSPS) is 28.0. The van der Waals surface area contributed by atoms with Crippen LogP contribution in [0.3, 0.4) is 0 Å². The van der Waals surface area contributed by atoms with E-state index in [1.807, 2.05) is 18.4 Å². The average Bonchev–Trinajstić information content (AvgIpc) is 3.04. The SMILES string of the molecule is c1ccc2c(CN3CC4CNCC4C3)coc2c1. The zero-order valence-electron chi connectivity index (χ0n) is 10.4. The molecule has 3 heterocycles. The number of nitrogens with zero attached hydrogens (tertiary/aromatic N) is 1. The first kappa shape index (κ1) is 10.6. The van der Waals surface area contributed by atoms with Gasteiger partial charge in [-0.25, -0.2) is 0 Å². The summed E-state index contributed by atoms with van der Waals surface area (Å²) >= 11 is 0. The largest absolute Gasteiger partial charge is 0.464 e. The molecule has 2 atom stereocenters. The van der Waals surface area contributed by atoms with Crippen LogP contribution in [0.5, 0.6) is 0 Å². The second-order valence-electron chi connectivity index (χ2n) is 5.63.